The Morgan fingerprint density at radius 1 is 0.886 bits per heavy atom. The Kier molecular flexibility index (Phi) is 7.57. The summed E-state index contributed by atoms with van der Waals surface area (Å²) in [6, 6.07) is 21.0. The summed E-state index contributed by atoms with van der Waals surface area (Å²) in [4.78, 5) is 12.8. The average Bonchev–Trinajstić information content (AvgIpc) is 3.32. The van der Waals surface area contributed by atoms with Gasteiger partial charge in [0.1, 0.15) is 17.2 Å². The first-order valence-electron chi connectivity index (χ1n) is 10.8. The van der Waals surface area contributed by atoms with Gasteiger partial charge in [0.25, 0.3) is 0 Å². The third kappa shape index (κ3) is 5.58. The van der Waals surface area contributed by atoms with Crippen LogP contribution in [0, 0.1) is 6.92 Å². The SMILES string of the molecule is COc1ccc(-c2nnc(SCC(=O)Nc3ccc(OC)cc3OC)n2-c2ccc(C)cc2)cc1. The van der Waals surface area contributed by atoms with Gasteiger partial charge in [0.05, 0.1) is 32.8 Å². The summed E-state index contributed by atoms with van der Waals surface area (Å²) in [5.74, 6) is 2.55. The number of hydrogen-bond donors (Lipinski definition) is 1. The van der Waals surface area contributed by atoms with Gasteiger partial charge in [-0.1, -0.05) is 29.5 Å². The van der Waals surface area contributed by atoms with Gasteiger partial charge in [-0.2, -0.15) is 0 Å². The third-order valence-corrected chi connectivity index (χ3v) is 6.22. The average molecular weight is 491 g/mol. The number of nitrogens with zero attached hydrogens (tertiary/aromatic N) is 3. The van der Waals surface area contributed by atoms with Gasteiger partial charge in [-0.05, 0) is 55.5 Å². The molecule has 3 aromatic carbocycles. The number of methoxy groups -OCH3 is 3. The Balaban J connectivity index is 1.58. The predicted molar refractivity (Wildman–Crippen MR) is 137 cm³/mol. The lowest BCUT2D eigenvalue weighted by molar-refractivity contribution is -0.113. The molecule has 0 unspecified atom stereocenters. The van der Waals surface area contributed by atoms with E-state index in [4.69, 9.17) is 14.2 Å². The van der Waals surface area contributed by atoms with E-state index >= 15 is 0 Å². The first-order chi connectivity index (χ1) is 17.0. The van der Waals surface area contributed by atoms with E-state index < -0.39 is 0 Å². The lowest BCUT2D eigenvalue weighted by Crippen LogP contribution is -2.15. The van der Waals surface area contributed by atoms with Crippen LogP contribution < -0.4 is 19.5 Å². The molecule has 1 heterocycles. The summed E-state index contributed by atoms with van der Waals surface area (Å²) in [7, 11) is 4.75. The second-order valence-corrected chi connectivity index (χ2v) is 8.55. The highest BCUT2D eigenvalue weighted by molar-refractivity contribution is 7.99. The number of aromatic nitrogens is 3. The zero-order valence-electron chi connectivity index (χ0n) is 19.9. The van der Waals surface area contributed by atoms with E-state index in [1.165, 1.54) is 11.8 Å². The molecule has 9 heteroatoms. The molecule has 1 N–H and O–H groups in total. The largest absolute Gasteiger partial charge is 0.497 e. The minimum Gasteiger partial charge on any atom is -0.497 e. The molecule has 0 aliphatic heterocycles. The Bertz CT molecular complexity index is 1300. The summed E-state index contributed by atoms with van der Waals surface area (Å²) in [5, 5.41) is 12.3. The van der Waals surface area contributed by atoms with Crippen LogP contribution in [0.2, 0.25) is 0 Å². The highest BCUT2D eigenvalue weighted by Gasteiger charge is 2.18. The molecule has 0 aliphatic rings. The molecule has 4 aromatic rings. The first kappa shape index (κ1) is 24.2. The molecule has 0 saturated heterocycles. The van der Waals surface area contributed by atoms with Crippen molar-refractivity contribution in [2.24, 2.45) is 0 Å². The predicted octanol–water partition coefficient (Wildman–Crippen LogP) is 5.00. The Hall–Kier alpha value is -3.98. The van der Waals surface area contributed by atoms with Crippen LogP contribution >= 0.6 is 11.8 Å². The van der Waals surface area contributed by atoms with Crippen LogP contribution in [0.3, 0.4) is 0 Å². The van der Waals surface area contributed by atoms with Crippen molar-refractivity contribution in [1.82, 2.24) is 14.8 Å². The number of thioether (sulfide) groups is 1. The van der Waals surface area contributed by atoms with Gasteiger partial charge in [0.15, 0.2) is 11.0 Å². The van der Waals surface area contributed by atoms with Gasteiger partial charge in [-0.25, -0.2) is 0 Å². The van der Waals surface area contributed by atoms with Crippen molar-refractivity contribution in [3.05, 3.63) is 72.3 Å². The van der Waals surface area contributed by atoms with Crippen LogP contribution in [0.25, 0.3) is 17.1 Å². The first-order valence-corrected chi connectivity index (χ1v) is 11.8. The second kappa shape index (κ2) is 11.0. The Morgan fingerprint density at radius 3 is 2.23 bits per heavy atom. The van der Waals surface area contributed by atoms with Crippen LogP contribution in [0.15, 0.2) is 71.9 Å². The molecule has 180 valence electrons. The van der Waals surface area contributed by atoms with Crippen molar-refractivity contribution in [3.63, 3.8) is 0 Å². The van der Waals surface area contributed by atoms with Gasteiger partial charge in [-0.3, -0.25) is 9.36 Å². The molecule has 0 fully saturated rings. The standard InChI is InChI=1S/C26H26N4O4S/c1-17-5-9-19(10-6-17)30-25(18-7-11-20(32-2)12-8-18)28-29-26(30)35-16-24(31)27-22-14-13-21(33-3)15-23(22)34-4/h5-15H,16H2,1-4H3,(H,27,31). The maximum Gasteiger partial charge on any atom is 0.234 e. The summed E-state index contributed by atoms with van der Waals surface area (Å²) < 4.78 is 17.8. The van der Waals surface area contributed by atoms with Crippen LogP contribution in [0.4, 0.5) is 5.69 Å². The quantitative estimate of drug-likeness (QED) is 0.330. The number of anilines is 1. The highest BCUT2D eigenvalue weighted by Crippen LogP contribution is 2.31. The maximum absolute atomic E-state index is 12.8. The highest BCUT2D eigenvalue weighted by atomic mass is 32.2. The molecule has 4 rings (SSSR count). The maximum atomic E-state index is 12.8. The number of carbonyl (C=O) groups is 1. The minimum atomic E-state index is -0.192. The monoisotopic (exact) mass is 490 g/mol. The molecule has 1 amide bonds. The molecular weight excluding hydrogens is 464 g/mol. The van der Waals surface area contributed by atoms with Crippen molar-refractivity contribution in [2.75, 3.05) is 32.4 Å². The third-order valence-electron chi connectivity index (χ3n) is 5.29. The number of rotatable bonds is 9. The molecule has 1 aromatic heterocycles. The van der Waals surface area contributed by atoms with Gasteiger partial charge in [0, 0.05) is 17.3 Å². The summed E-state index contributed by atoms with van der Waals surface area (Å²) in [5.41, 5.74) is 3.51. The smallest absolute Gasteiger partial charge is 0.234 e. The number of carbonyl (C=O) groups excluding carboxylic acids is 1. The molecule has 0 bridgehead atoms. The summed E-state index contributed by atoms with van der Waals surface area (Å²) in [6.07, 6.45) is 0. The van der Waals surface area contributed by atoms with Gasteiger partial charge in [0.2, 0.25) is 5.91 Å². The van der Waals surface area contributed by atoms with E-state index in [0.717, 1.165) is 22.6 Å². The zero-order chi connectivity index (χ0) is 24.8. The molecule has 35 heavy (non-hydrogen) atoms. The van der Waals surface area contributed by atoms with Crippen molar-refractivity contribution in [3.8, 4) is 34.3 Å². The van der Waals surface area contributed by atoms with E-state index in [1.54, 1.807) is 39.5 Å². The van der Waals surface area contributed by atoms with E-state index in [9.17, 15) is 4.79 Å². The summed E-state index contributed by atoms with van der Waals surface area (Å²) >= 11 is 1.30. The van der Waals surface area contributed by atoms with Crippen LogP contribution in [0.5, 0.6) is 17.2 Å². The minimum absolute atomic E-state index is 0.141. The number of ether oxygens (including phenoxy) is 3. The number of hydrogen-bond acceptors (Lipinski definition) is 7. The van der Waals surface area contributed by atoms with Crippen molar-refractivity contribution < 1.29 is 19.0 Å². The molecule has 0 aliphatic carbocycles. The second-order valence-electron chi connectivity index (χ2n) is 7.61. The fraction of sp³-hybridized carbons (Fsp3) is 0.192. The van der Waals surface area contributed by atoms with Crippen molar-refractivity contribution in [1.29, 1.82) is 0 Å². The van der Waals surface area contributed by atoms with Gasteiger partial charge in [-0.15, -0.1) is 10.2 Å². The van der Waals surface area contributed by atoms with Crippen LogP contribution in [0.1, 0.15) is 5.56 Å². The molecule has 0 radical (unpaired) electrons. The van der Waals surface area contributed by atoms with Crippen LogP contribution in [-0.4, -0.2) is 47.8 Å². The Labute approximate surface area is 208 Å². The van der Waals surface area contributed by atoms with E-state index in [0.29, 0.717) is 28.2 Å². The number of aryl methyl sites for hydroxylation is 1. The fourth-order valence-corrected chi connectivity index (χ4v) is 4.19. The van der Waals surface area contributed by atoms with E-state index in [2.05, 4.69) is 15.5 Å². The number of benzene rings is 3. The molecule has 8 nitrogen and oxygen atoms in total. The molecule has 0 saturated carbocycles. The van der Waals surface area contributed by atoms with Gasteiger partial charge >= 0.3 is 0 Å². The van der Waals surface area contributed by atoms with Gasteiger partial charge < -0.3 is 19.5 Å². The lowest BCUT2D eigenvalue weighted by Gasteiger charge is -2.12. The Morgan fingerprint density at radius 2 is 1.57 bits per heavy atom. The number of nitrogens with one attached hydrogen (secondary N) is 1. The number of amides is 1. The lowest BCUT2D eigenvalue weighted by atomic mass is 10.2. The summed E-state index contributed by atoms with van der Waals surface area (Å²) in [6.45, 7) is 2.04. The molecule has 0 atom stereocenters. The molecule has 0 spiro atoms. The van der Waals surface area contributed by atoms with Crippen molar-refractivity contribution in [2.45, 2.75) is 12.1 Å². The fourth-order valence-electron chi connectivity index (χ4n) is 3.44. The van der Waals surface area contributed by atoms with Crippen LogP contribution in [-0.2, 0) is 4.79 Å². The zero-order valence-corrected chi connectivity index (χ0v) is 20.8. The topological polar surface area (TPSA) is 87.5 Å². The van der Waals surface area contributed by atoms with E-state index in [-0.39, 0.29) is 11.7 Å². The van der Waals surface area contributed by atoms with E-state index in [1.807, 2.05) is 60.0 Å². The molecular formula is C26H26N4O4S. The normalized spacial score (nSPS) is 10.6. The van der Waals surface area contributed by atoms with Crippen molar-refractivity contribution >= 4 is 23.4 Å².